The molecule has 0 aromatic heterocycles. The largest absolute Gasteiger partial charge is 0.383 e. The number of nitrogens with one attached hydrogen (secondary N) is 1. The number of para-hydroxylation sites is 1. The lowest BCUT2D eigenvalue weighted by atomic mass is 10.1. The maximum Gasteiger partial charge on any atom is 0.254 e. The van der Waals surface area contributed by atoms with Crippen molar-refractivity contribution in [2.45, 2.75) is 11.4 Å². The molecule has 28 heavy (non-hydrogen) atoms. The molecule has 0 spiro atoms. The molecule has 1 N–H and O–H groups in total. The van der Waals surface area contributed by atoms with E-state index in [1.165, 1.54) is 19.2 Å². The number of methoxy groups -OCH3 is 1. The number of carbonyl (C=O) groups excluding carboxylic acids is 1. The fourth-order valence-electron chi connectivity index (χ4n) is 3.19. The third-order valence-electron chi connectivity index (χ3n) is 4.77. The van der Waals surface area contributed by atoms with Gasteiger partial charge >= 0.3 is 0 Å². The second-order valence-electron chi connectivity index (χ2n) is 6.69. The molecule has 1 amide bonds. The number of carbonyl (C=O) groups is 1. The van der Waals surface area contributed by atoms with Gasteiger partial charge in [0, 0.05) is 51.6 Å². The van der Waals surface area contributed by atoms with E-state index in [0.717, 1.165) is 17.8 Å². The lowest BCUT2D eigenvalue weighted by Gasteiger charge is -2.21. The highest BCUT2D eigenvalue weighted by Gasteiger charge is 2.22. The minimum Gasteiger partial charge on any atom is -0.383 e. The van der Waals surface area contributed by atoms with E-state index in [-0.39, 0.29) is 17.3 Å². The van der Waals surface area contributed by atoms with Crippen molar-refractivity contribution >= 4 is 21.6 Å². The molecule has 0 unspecified atom stereocenters. The topological polar surface area (TPSA) is 78.9 Å². The summed E-state index contributed by atoms with van der Waals surface area (Å²) >= 11 is 0. The number of fused-ring (bicyclic) bond motifs is 1. The predicted octanol–water partition coefficient (Wildman–Crippen LogP) is 1.70. The van der Waals surface area contributed by atoms with E-state index in [2.05, 4.69) is 15.7 Å². The summed E-state index contributed by atoms with van der Waals surface area (Å²) in [6.45, 7) is 2.35. The van der Waals surface area contributed by atoms with Crippen molar-refractivity contribution in [1.29, 1.82) is 0 Å². The number of ether oxygens (including phenoxy) is 1. The zero-order chi connectivity index (χ0) is 20.1. The number of likely N-dealkylation sites (N-methyl/N-ethyl adjacent to an activating group) is 1. The van der Waals surface area contributed by atoms with Crippen molar-refractivity contribution in [2.24, 2.45) is 0 Å². The molecule has 0 saturated carbocycles. The molecule has 2 aromatic carbocycles. The molecule has 7 nitrogen and oxygen atoms in total. The average molecular weight is 404 g/mol. The molecule has 0 saturated heterocycles. The van der Waals surface area contributed by atoms with Gasteiger partial charge in [-0.25, -0.2) is 13.1 Å². The smallest absolute Gasteiger partial charge is 0.254 e. The van der Waals surface area contributed by atoms with Crippen LogP contribution in [0.4, 0.5) is 5.69 Å². The second-order valence-corrected chi connectivity index (χ2v) is 8.46. The third-order valence-corrected chi connectivity index (χ3v) is 6.24. The van der Waals surface area contributed by atoms with Crippen molar-refractivity contribution in [3.63, 3.8) is 0 Å². The zero-order valence-corrected chi connectivity index (χ0v) is 16.9. The first-order valence-electron chi connectivity index (χ1n) is 9.09. The van der Waals surface area contributed by atoms with Gasteiger partial charge in [-0.1, -0.05) is 18.2 Å². The summed E-state index contributed by atoms with van der Waals surface area (Å²) in [5, 5.41) is 0. The van der Waals surface area contributed by atoms with Crippen molar-refractivity contribution in [3.05, 3.63) is 59.7 Å². The molecule has 3 rings (SSSR count). The molecule has 0 fully saturated rings. The highest BCUT2D eigenvalue weighted by Crippen LogP contribution is 2.24. The van der Waals surface area contributed by atoms with Gasteiger partial charge in [0.25, 0.3) is 5.91 Å². The Labute approximate surface area is 166 Å². The number of benzene rings is 2. The van der Waals surface area contributed by atoms with Crippen molar-refractivity contribution in [3.8, 4) is 0 Å². The molecular weight excluding hydrogens is 378 g/mol. The van der Waals surface area contributed by atoms with E-state index in [1.807, 2.05) is 25.2 Å². The van der Waals surface area contributed by atoms with Gasteiger partial charge in [0.2, 0.25) is 10.0 Å². The van der Waals surface area contributed by atoms with Crippen LogP contribution in [0.1, 0.15) is 15.9 Å². The molecule has 0 atom stereocenters. The van der Waals surface area contributed by atoms with Gasteiger partial charge in [0.1, 0.15) is 0 Å². The van der Waals surface area contributed by atoms with Crippen molar-refractivity contribution in [1.82, 2.24) is 9.62 Å². The number of rotatable bonds is 6. The maximum atomic E-state index is 13.0. The third kappa shape index (κ3) is 4.52. The van der Waals surface area contributed by atoms with Crippen LogP contribution >= 0.6 is 0 Å². The number of anilines is 1. The molecule has 150 valence electrons. The van der Waals surface area contributed by atoms with Gasteiger partial charge in [0.15, 0.2) is 0 Å². The van der Waals surface area contributed by atoms with E-state index in [1.54, 1.807) is 17.0 Å². The molecule has 2 aromatic rings. The Balaban J connectivity index is 1.75. The normalized spacial score (nSPS) is 14.5. The van der Waals surface area contributed by atoms with Crippen LogP contribution in [-0.2, 0) is 21.3 Å². The van der Waals surface area contributed by atoms with Gasteiger partial charge in [-0.2, -0.15) is 0 Å². The monoisotopic (exact) mass is 403 g/mol. The first-order chi connectivity index (χ1) is 13.4. The molecule has 0 aliphatic carbocycles. The molecular formula is C20H25N3O4S. The van der Waals surface area contributed by atoms with Crippen LogP contribution in [0, 0.1) is 0 Å². The fraction of sp³-hybridized carbons (Fsp3) is 0.350. The lowest BCUT2D eigenvalue weighted by Crippen LogP contribution is -2.34. The summed E-state index contributed by atoms with van der Waals surface area (Å²) in [5.41, 5.74) is 2.69. The molecule has 0 bridgehead atoms. The quantitative estimate of drug-likeness (QED) is 0.743. The Hall–Kier alpha value is -2.42. The predicted molar refractivity (Wildman–Crippen MR) is 108 cm³/mol. The summed E-state index contributed by atoms with van der Waals surface area (Å²) < 4.78 is 31.8. The number of hydrogen-bond acceptors (Lipinski definition) is 5. The SMILES string of the molecule is COCCNS(=O)(=O)c1ccc(C(=O)N2CCN(C)c3ccccc3C2)cc1. The minimum absolute atomic E-state index is 0.110. The number of sulfonamides is 1. The Bertz CT molecular complexity index is 929. The standard InChI is InChI=1S/C20H25N3O4S/c1-22-12-13-23(15-17-5-3-4-6-19(17)22)20(24)16-7-9-18(10-8-16)28(25,26)21-11-14-27-2/h3-10,21H,11-15H2,1-2H3. The Kier molecular flexibility index (Phi) is 6.33. The number of amides is 1. The molecule has 0 radical (unpaired) electrons. The van der Waals surface area contributed by atoms with Gasteiger partial charge in [-0.3, -0.25) is 4.79 Å². The number of nitrogens with zero attached hydrogens (tertiary/aromatic N) is 2. The summed E-state index contributed by atoms with van der Waals surface area (Å²) in [6, 6.07) is 14.1. The van der Waals surface area contributed by atoms with Crippen molar-refractivity contribution < 1.29 is 17.9 Å². The first kappa shape index (κ1) is 20.3. The second kappa shape index (κ2) is 8.72. The Morgan fingerprint density at radius 2 is 1.82 bits per heavy atom. The Morgan fingerprint density at radius 3 is 2.54 bits per heavy atom. The van der Waals surface area contributed by atoms with Gasteiger partial charge in [0.05, 0.1) is 11.5 Å². The highest BCUT2D eigenvalue weighted by molar-refractivity contribution is 7.89. The fourth-order valence-corrected chi connectivity index (χ4v) is 4.20. The average Bonchev–Trinajstić information content (AvgIpc) is 2.87. The maximum absolute atomic E-state index is 13.0. The van der Waals surface area contributed by atoms with Crippen LogP contribution < -0.4 is 9.62 Å². The van der Waals surface area contributed by atoms with Crippen molar-refractivity contribution in [2.75, 3.05) is 45.3 Å². The summed E-state index contributed by atoms with van der Waals surface area (Å²) in [5.74, 6) is -0.110. The van der Waals surface area contributed by atoms with Gasteiger partial charge in [-0.15, -0.1) is 0 Å². The number of hydrogen-bond donors (Lipinski definition) is 1. The van der Waals surface area contributed by atoms with E-state index in [9.17, 15) is 13.2 Å². The van der Waals surface area contributed by atoms with Crippen LogP contribution in [0.5, 0.6) is 0 Å². The minimum atomic E-state index is -3.61. The van der Waals surface area contributed by atoms with Crippen LogP contribution in [-0.4, -0.2) is 59.6 Å². The zero-order valence-electron chi connectivity index (χ0n) is 16.1. The summed E-state index contributed by atoms with van der Waals surface area (Å²) in [4.78, 5) is 17.0. The highest BCUT2D eigenvalue weighted by atomic mass is 32.2. The van der Waals surface area contributed by atoms with Crippen LogP contribution in [0.3, 0.4) is 0 Å². The van der Waals surface area contributed by atoms with Crippen LogP contribution in [0.15, 0.2) is 53.4 Å². The Morgan fingerprint density at radius 1 is 1.11 bits per heavy atom. The molecule has 8 heteroatoms. The van der Waals surface area contributed by atoms with Crippen LogP contribution in [0.2, 0.25) is 0 Å². The van der Waals surface area contributed by atoms with E-state index in [4.69, 9.17) is 4.74 Å². The molecule has 1 aliphatic heterocycles. The van der Waals surface area contributed by atoms with Crippen LogP contribution in [0.25, 0.3) is 0 Å². The molecule has 1 heterocycles. The van der Waals surface area contributed by atoms with E-state index >= 15 is 0 Å². The molecule has 1 aliphatic rings. The first-order valence-corrected chi connectivity index (χ1v) is 10.6. The van der Waals surface area contributed by atoms with Gasteiger partial charge in [-0.05, 0) is 35.9 Å². The van der Waals surface area contributed by atoms with E-state index in [0.29, 0.717) is 25.3 Å². The van der Waals surface area contributed by atoms with E-state index < -0.39 is 10.0 Å². The lowest BCUT2D eigenvalue weighted by molar-refractivity contribution is 0.0751. The summed E-state index contributed by atoms with van der Waals surface area (Å²) in [6.07, 6.45) is 0. The summed E-state index contributed by atoms with van der Waals surface area (Å²) in [7, 11) is -0.0900. The van der Waals surface area contributed by atoms with Gasteiger partial charge < -0.3 is 14.5 Å².